The summed E-state index contributed by atoms with van der Waals surface area (Å²) in [6.45, 7) is -0.238. The number of carbonyl (C=O) groups excluding carboxylic acids is 3. The number of imide groups is 1. The maximum atomic E-state index is 13.8. The molecule has 0 radical (unpaired) electrons. The molecule has 0 saturated carbocycles. The highest BCUT2D eigenvalue weighted by Gasteiger charge is 2.56. The minimum Gasteiger partial charge on any atom is -0.493 e. The zero-order valence-corrected chi connectivity index (χ0v) is 22.8. The lowest BCUT2D eigenvalue weighted by Gasteiger charge is -2.30. The van der Waals surface area contributed by atoms with Gasteiger partial charge in [0.2, 0.25) is 11.8 Å². The number of benzene rings is 3. The van der Waals surface area contributed by atoms with E-state index >= 15 is 0 Å². The average Bonchev–Trinajstić information content (AvgIpc) is 3.46. The van der Waals surface area contributed by atoms with Crippen LogP contribution in [0.15, 0.2) is 88.7 Å². The predicted molar refractivity (Wildman–Crippen MR) is 152 cm³/mol. The summed E-state index contributed by atoms with van der Waals surface area (Å²) in [6, 6.07) is 23.1. The van der Waals surface area contributed by atoms with Crippen LogP contribution < -0.4 is 24.6 Å². The molecule has 2 aliphatic rings. The summed E-state index contributed by atoms with van der Waals surface area (Å²) in [5.74, 6) is -1.53. The Labute approximate surface area is 237 Å². The van der Waals surface area contributed by atoms with Crippen LogP contribution in [0.2, 0.25) is 0 Å². The normalized spacial score (nSPS) is 19.6. The van der Waals surface area contributed by atoms with Crippen LogP contribution in [0.1, 0.15) is 16.4 Å². The molecule has 2 aliphatic heterocycles. The Morgan fingerprint density at radius 1 is 0.950 bits per heavy atom. The number of H-pyrrole nitrogens is 1. The van der Waals surface area contributed by atoms with Crippen LogP contribution in [0.5, 0.6) is 11.5 Å². The van der Waals surface area contributed by atoms with Gasteiger partial charge in [0.15, 0.2) is 18.1 Å². The van der Waals surface area contributed by atoms with E-state index in [4.69, 9.17) is 9.47 Å². The first-order valence-corrected chi connectivity index (χ1v) is 14.1. The van der Waals surface area contributed by atoms with E-state index in [1.54, 1.807) is 54.6 Å². The van der Waals surface area contributed by atoms with Crippen LogP contribution in [-0.4, -0.2) is 41.7 Å². The molecular formula is C29H23N3O6S2. The third kappa shape index (κ3) is 4.67. The number of nitrogens with zero attached hydrogens (tertiary/aromatic N) is 1. The Bertz CT molecular complexity index is 1650. The molecule has 0 aliphatic carbocycles. The van der Waals surface area contributed by atoms with E-state index in [1.807, 2.05) is 24.3 Å². The molecule has 6 rings (SSSR count). The summed E-state index contributed by atoms with van der Waals surface area (Å²) in [4.78, 5) is 56.6. The molecule has 2 N–H and O–H groups in total. The quantitative estimate of drug-likeness (QED) is 0.317. The van der Waals surface area contributed by atoms with Crippen molar-refractivity contribution in [1.29, 1.82) is 0 Å². The van der Waals surface area contributed by atoms with E-state index in [0.717, 1.165) is 11.3 Å². The summed E-state index contributed by atoms with van der Waals surface area (Å²) in [5.41, 5.74) is 1.86. The van der Waals surface area contributed by atoms with E-state index in [9.17, 15) is 19.2 Å². The molecule has 3 atom stereocenters. The van der Waals surface area contributed by atoms with Crippen LogP contribution in [0.3, 0.4) is 0 Å². The molecule has 202 valence electrons. The number of amides is 3. The molecule has 40 heavy (non-hydrogen) atoms. The van der Waals surface area contributed by atoms with Crippen molar-refractivity contribution in [3.05, 3.63) is 99.0 Å². The Kier molecular flexibility index (Phi) is 6.91. The van der Waals surface area contributed by atoms with Crippen LogP contribution >= 0.6 is 23.1 Å². The van der Waals surface area contributed by atoms with Gasteiger partial charge in [0.05, 0.1) is 23.7 Å². The summed E-state index contributed by atoms with van der Waals surface area (Å²) in [5, 5.41) is 2.66. The van der Waals surface area contributed by atoms with Crippen molar-refractivity contribution in [2.75, 3.05) is 23.9 Å². The van der Waals surface area contributed by atoms with E-state index in [2.05, 4.69) is 10.3 Å². The number of hydrogen-bond donors (Lipinski definition) is 2. The van der Waals surface area contributed by atoms with Gasteiger partial charge in [0.1, 0.15) is 5.25 Å². The Morgan fingerprint density at radius 3 is 2.40 bits per heavy atom. The number of thiazole rings is 1. The number of hydrogen-bond acceptors (Lipinski definition) is 8. The molecule has 2 unspecified atom stereocenters. The van der Waals surface area contributed by atoms with E-state index < -0.39 is 17.1 Å². The zero-order chi connectivity index (χ0) is 27.8. The molecule has 1 fully saturated rings. The fraction of sp³-hybridized carbons (Fsp3) is 0.172. The molecule has 4 aromatic rings. The van der Waals surface area contributed by atoms with Crippen LogP contribution in [-0.2, 0) is 14.4 Å². The number of para-hydroxylation sites is 2. The third-order valence-electron chi connectivity index (χ3n) is 6.80. The summed E-state index contributed by atoms with van der Waals surface area (Å²) in [7, 11) is 1.48. The number of thioether (sulfide) groups is 1. The molecule has 3 aromatic carbocycles. The highest BCUT2D eigenvalue weighted by molar-refractivity contribution is 8.00. The molecule has 3 heterocycles. The highest BCUT2D eigenvalue weighted by atomic mass is 32.2. The van der Waals surface area contributed by atoms with Gasteiger partial charge in [0, 0.05) is 16.5 Å². The SMILES string of the molecule is COc1cc([C@H]2c3sc(=O)[nH]c3SC3C(=O)N(c4ccccc4)C(=O)C32)ccc1OCC(=O)Nc1ccccc1. The predicted octanol–water partition coefficient (Wildman–Crippen LogP) is 4.26. The summed E-state index contributed by atoms with van der Waals surface area (Å²) >= 11 is 2.26. The fourth-order valence-electron chi connectivity index (χ4n) is 5.07. The van der Waals surface area contributed by atoms with Crippen molar-refractivity contribution in [3.63, 3.8) is 0 Å². The average molecular weight is 574 g/mol. The van der Waals surface area contributed by atoms with E-state index in [0.29, 0.717) is 38.3 Å². The lowest BCUT2D eigenvalue weighted by Crippen LogP contribution is -2.32. The molecule has 0 bridgehead atoms. The van der Waals surface area contributed by atoms with Crippen LogP contribution in [0.25, 0.3) is 0 Å². The number of fused-ring (bicyclic) bond motifs is 2. The maximum Gasteiger partial charge on any atom is 0.305 e. The number of carbonyl (C=O) groups is 3. The first-order chi connectivity index (χ1) is 19.4. The number of rotatable bonds is 7. The van der Waals surface area contributed by atoms with E-state index in [-0.39, 0.29) is 29.2 Å². The molecule has 9 nitrogen and oxygen atoms in total. The molecule has 1 aromatic heterocycles. The molecule has 1 saturated heterocycles. The number of aromatic amines is 1. The van der Waals surface area contributed by atoms with Gasteiger partial charge in [0.25, 0.3) is 5.91 Å². The van der Waals surface area contributed by atoms with Crippen LogP contribution in [0.4, 0.5) is 11.4 Å². The third-order valence-corrected chi connectivity index (χ3v) is 9.20. The lowest BCUT2D eigenvalue weighted by molar-refractivity contribution is -0.122. The number of aromatic nitrogens is 1. The number of methoxy groups -OCH3 is 1. The topological polar surface area (TPSA) is 118 Å². The van der Waals surface area contributed by atoms with Gasteiger partial charge in [-0.2, -0.15) is 0 Å². The van der Waals surface area contributed by atoms with E-state index in [1.165, 1.54) is 23.8 Å². The molecule has 3 amide bonds. The maximum absolute atomic E-state index is 13.8. The van der Waals surface area contributed by atoms with Crippen molar-refractivity contribution >= 4 is 52.2 Å². The number of ether oxygens (including phenoxy) is 2. The lowest BCUT2D eigenvalue weighted by atomic mass is 9.83. The monoisotopic (exact) mass is 573 g/mol. The van der Waals surface area contributed by atoms with Gasteiger partial charge in [-0.1, -0.05) is 65.6 Å². The largest absolute Gasteiger partial charge is 0.493 e. The summed E-state index contributed by atoms with van der Waals surface area (Å²) < 4.78 is 11.3. The zero-order valence-electron chi connectivity index (χ0n) is 21.2. The van der Waals surface area contributed by atoms with Crippen molar-refractivity contribution in [3.8, 4) is 11.5 Å². The van der Waals surface area contributed by atoms with Crippen molar-refractivity contribution in [2.45, 2.75) is 16.2 Å². The van der Waals surface area contributed by atoms with Gasteiger partial charge in [-0.05, 0) is 42.0 Å². The van der Waals surface area contributed by atoms with Crippen molar-refractivity contribution in [2.24, 2.45) is 5.92 Å². The van der Waals surface area contributed by atoms with Crippen molar-refractivity contribution in [1.82, 2.24) is 4.98 Å². The standard InChI is InChI=1S/C29H23N3O6S2/c1-37-20-14-16(12-13-19(20)38-15-21(33)30-17-8-4-2-5-9-17)22-23-25(39-26-24(22)40-29(36)31-26)28(35)32(27(23)34)18-10-6-3-7-11-18/h2-14,22-23,25H,15H2,1H3,(H,30,33)(H,31,36)/t22-,23?,25?/m1/s1. The second-order valence-electron chi connectivity index (χ2n) is 9.21. The first kappa shape index (κ1) is 25.9. The molecule has 11 heteroatoms. The Morgan fingerprint density at radius 2 is 1.68 bits per heavy atom. The Hall–Kier alpha value is -4.35. The van der Waals surface area contributed by atoms with Crippen molar-refractivity contribution < 1.29 is 23.9 Å². The Balaban J connectivity index is 1.31. The summed E-state index contributed by atoms with van der Waals surface area (Å²) in [6.07, 6.45) is 0. The van der Waals surface area contributed by atoms with Gasteiger partial charge in [-0.25, -0.2) is 4.90 Å². The van der Waals surface area contributed by atoms with Crippen LogP contribution in [0, 0.1) is 5.92 Å². The number of nitrogens with one attached hydrogen (secondary N) is 2. The minimum atomic E-state index is -0.718. The molecule has 0 spiro atoms. The second-order valence-corrected chi connectivity index (χ2v) is 11.4. The number of anilines is 2. The van der Waals surface area contributed by atoms with Gasteiger partial charge in [-0.3, -0.25) is 19.2 Å². The smallest absolute Gasteiger partial charge is 0.305 e. The van der Waals surface area contributed by atoms with Gasteiger partial charge < -0.3 is 19.8 Å². The highest BCUT2D eigenvalue weighted by Crippen LogP contribution is 2.53. The minimum absolute atomic E-state index is 0.238. The first-order valence-electron chi connectivity index (χ1n) is 12.4. The van der Waals surface area contributed by atoms with Gasteiger partial charge in [-0.15, -0.1) is 0 Å². The molecular weight excluding hydrogens is 550 g/mol. The van der Waals surface area contributed by atoms with Gasteiger partial charge >= 0.3 is 4.87 Å². The second kappa shape index (κ2) is 10.7. The fourth-order valence-corrected chi connectivity index (χ4v) is 7.58.